The van der Waals surface area contributed by atoms with E-state index in [0.29, 0.717) is 19.0 Å². The molecule has 7 nitrogen and oxygen atoms in total. The predicted molar refractivity (Wildman–Crippen MR) is 100 cm³/mol. The summed E-state index contributed by atoms with van der Waals surface area (Å²) in [5.74, 6) is 0.460. The minimum atomic E-state index is -0.334. The second kappa shape index (κ2) is 10.0. The summed E-state index contributed by atoms with van der Waals surface area (Å²) >= 11 is 0. The van der Waals surface area contributed by atoms with E-state index < -0.39 is 0 Å². The molecular weight excluding hydrogens is 409 g/mol. The molecule has 0 atom stereocenters. The number of halogens is 1. The molecule has 23 heavy (non-hydrogen) atoms. The van der Waals surface area contributed by atoms with Gasteiger partial charge in [0, 0.05) is 26.7 Å². The van der Waals surface area contributed by atoms with E-state index in [2.05, 4.69) is 33.1 Å². The van der Waals surface area contributed by atoms with E-state index in [4.69, 9.17) is 0 Å². The lowest BCUT2D eigenvalue weighted by atomic mass is 10.1. The lowest BCUT2D eigenvalue weighted by Gasteiger charge is -2.15. The van der Waals surface area contributed by atoms with Crippen molar-refractivity contribution >= 4 is 41.9 Å². The Morgan fingerprint density at radius 2 is 1.91 bits per heavy atom. The first-order chi connectivity index (χ1) is 10.7. The number of guanidine groups is 1. The van der Waals surface area contributed by atoms with Crippen LogP contribution in [0.3, 0.4) is 0 Å². The number of urea groups is 1. The van der Waals surface area contributed by atoms with Gasteiger partial charge in [0.15, 0.2) is 5.96 Å². The fraction of sp³-hybridized carbons (Fsp3) is 0.400. The predicted octanol–water partition coefficient (Wildman–Crippen LogP) is 0.564. The number of benzene rings is 1. The number of carbonyl (C=O) groups excluding carboxylic acids is 2. The highest BCUT2D eigenvalue weighted by Crippen LogP contribution is 1.98. The summed E-state index contributed by atoms with van der Waals surface area (Å²) in [6, 6.07) is 9.85. The molecule has 1 fully saturated rings. The fourth-order valence-corrected chi connectivity index (χ4v) is 2.16. The van der Waals surface area contributed by atoms with Crippen molar-refractivity contribution in [3.8, 4) is 0 Å². The van der Waals surface area contributed by atoms with Crippen LogP contribution >= 0.6 is 24.0 Å². The third kappa shape index (κ3) is 6.05. The maximum atomic E-state index is 11.4. The minimum absolute atomic E-state index is 0. The van der Waals surface area contributed by atoms with Gasteiger partial charge in [-0.1, -0.05) is 30.3 Å². The standard InChI is InChI=1S/C15H21N5O2.HI/c1-16-14(17-8-7-12-5-3-2-4-6-12)18-9-10-20-13(21)11-19-15(20)22;/h2-6H,7-11H2,1H3,(H,19,22)(H2,16,17,18);1H. The van der Waals surface area contributed by atoms with E-state index in [0.717, 1.165) is 13.0 Å². The molecule has 0 aliphatic carbocycles. The van der Waals surface area contributed by atoms with E-state index in [-0.39, 0.29) is 42.5 Å². The van der Waals surface area contributed by atoms with E-state index in [1.165, 1.54) is 10.5 Å². The van der Waals surface area contributed by atoms with Crippen LogP contribution in [0.4, 0.5) is 4.79 Å². The normalized spacial score (nSPS) is 14.3. The SMILES string of the molecule is CN=C(NCCc1ccccc1)NCCN1C(=O)CNC1=O.I. The number of imide groups is 1. The zero-order valence-electron chi connectivity index (χ0n) is 13.0. The molecule has 0 unspecified atom stereocenters. The summed E-state index contributed by atoms with van der Waals surface area (Å²) in [7, 11) is 1.69. The molecule has 3 amide bonds. The number of aliphatic imine (C=N–C) groups is 1. The molecule has 1 aliphatic rings. The molecule has 8 heteroatoms. The van der Waals surface area contributed by atoms with E-state index >= 15 is 0 Å². The van der Waals surface area contributed by atoms with Crippen molar-refractivity contribution in [2.24, 2.45) is 4.99 Å². The second-order valence-electron chi connectivity index (χ2n) is 4.87. The average Bonchev–Trinajstić information content (AvgIpc) is 2.86. The molecule has 1 aromatic rings. The Hall–Kier alpha value is -1.84. The van der Waals surface area contributed by atoms with Crippen LogP contribution in [0.1, 0.15) is 5.56 Å². The highest BCUT2D eigenvalue weighted by atomic mass is 127. The first kappa shape index (κ1) is 19.2. The maximum absolute atomic E-state index is 11.4. The van der Waals surface area contributed by atoms with Crippen LogP contribution in [-0.4, -0.2) is 56.0 Å². The highest BCUT2D eigenvalue weighted by Gasteiger charge is 2.27. The average molecular weight is 431 g/mol. The number of hydrogen-bond acceptors (Lipinski definition) is 3. The number of hydrogen-bond donors (Lipinski definition) is 3. The van der Waals surface area contributed by atoms with Gasteiger partial charge in [0.05, 0.1) is 6.54 Å². The minimum Gasteiger partial charge on any atom is -0.356 e. The number of nitrogens with one attached hydrogen (secondary N) is 3. The van der Waals surface area contributed by atoms with E-state index in [1.54, 1.807) is 7.05 Å². The molecule has 1 aromatic carbocycles. The number of amides is 3. The Kier molecular flexibility index (Phi) is 8.38. The number of rotatable bonds is 6. The van der Waals surface area contributed by atoms with Crippen molar-refractivity contribution in [1.29, 1.82) is 0 Å². The Balaban J connectivity index is 0.00000264. The smallest absolute Gasteiger partial charge is 0.324 e. The van der Waals surface area contributed by atoms with Crippen molar-refractivity contribution in [2.75, 3.05) is 33.2 Å². The highest BCUT2D eigenvalue weighted by molar-refractivity contribution is 14.0. The van der Waals surface area contributed by atoms with Crippen LogP contribution < -0.4 is 16.0 Å². The molecule has 0 spiro atoms. The van der Waals surface area contributed by atoms with Crippen LogP contribution in [0, 0.1) is 0 Å². The third-order valence-corrected chi connectivity index (χ3v) is 3.34. The van der Waals surface area contributed by atoms with Gasteiger partial charge in [-0.2, -0.15) is 0 Å². The molecule has 1 aliphatic heterocycles. The van der Waals surface area contributed by atoms with Gasteiger partial charge in [0.1, 0.15) is 0 Å². The van der Waals surface area contributed by atoms with Crippen LogP contribution in [-0.2, 0) is 11.2 Å². The summed E-state index contributed by atoms with van der Waals surface area (Å²) < 4.78 is 0. The van der Waals surface area contributed by atoms with Crippen molar-refractivity contribution in [3.63, 3.8) is 0 Å². The maximum Gasteiger partial charge on any atom is 0.324 e. The summed E-state index contributed by atoms with van der Waals surface area (Å²) in [5, 5.41) is 8.78. The van der Waals surface area contributed by atoms with Gasteiger partial charge in [-0.15, -0.1) is 24.0 Å². The first-order valence-electron chi connectivity index (χ1n) is 7.27. The molecule has 2 rings (SSSR count). The summed E-state index contributed by atoms with van der Waals surface area (Å²) in [6.07, 6.45) is 0.897. The van der Waals surface area contributed by atoms with Crippen molar-refractivity contribution < 1.29 is 9.59 Å². The first-order valence-corrected chi connectivity index (χ1v) is 7.27. The zero-order valence-corrected chi connectivity index (χ0v) is 15.4. The van der Waals surface area contributed by atoms with Gasteiger partial charge in [0.25, 0.3) is 0 Å². The summed E-state index contributed by atoms with van der Waals surface area (Å²) in [6.45, 7) is 1.63. The van der Waals surface area contributed by atoms with Crippen LogP contribution in [0.25, 0.3) is 0 Å². The topological polar surface area (TPSA) is 85.8 Å². The number of nitrogens with zero attached hydrogens (tertiary/aromatic N) is 2. The van der Waals surface area contributed by atoms with Crippen molar-refractivity contribution in [3.05, 3.63) is 35.9 Å². The number of carbonyl (C=O) groups is 2. The molecule has 126 valence electrons. The van der Waals surface area contributed by atoms with Crippen molar-refractivity contribution in [1.82, 2.24) is 20.9 Å². The van der Waals surface area contributed by atoms with Gasteiger partial charge < -0.3 is 16.0 Å². The molecule has 0 bridgehead atoms. The van der Waals surface area contributed by atoms with Gasteiger partial charge in [-0.3, -0.25) is 14.7 Å². The van der Waals surface area contributed by atoms with E-state index in [9.17, 15) is 9.59 Å². The molecule has 0 radical (unpaired) electrons. The van der Waals surface area contributed by atoms with Gasteiger partial charge >= 0.3 is 6.03 Å². The lowest BCUT2D eigenvalue weighted by Crippen LogP contribution is -2.43. The molecule has 0 aromatic heterocycles. The zero-order chi connectivity index (χ0) is 15.8. The monoisotopic (exact) mass is 431 g/mol. The van der Waals surface area contributed by atoms with Crippen LogP contribution in [0.5, 0.6) is 0 Å². The molecular formula is C15H22IN5O2. The third-order valence-electron chi connectivity index (χ3n) is 3.34. The van der Waals surface area contributed by atoms with Gasteiger partial charge in [-0.25, -0.2) is 4.79 Å². The fourth-order valence-electron chi connectivity index (χ4n) is 2.16. The molecule has 1 heterocycles. The lowest BCUT2D eigenvalue weighted by molar-refractivity contribution is -0.124. The summed E-state index contributed by atoms with van der Waals surface area (Å²) in [4.78, 5) is 28.1. The van der Waals surface area contributed by atoms with Gasteiger partial charge in [0.2, 0.25) is 5.91 Å². The summed E-state index contributed by atoms with van der Waals surface area (Å²) in [5.41, 5.74) is 1.25. The largest absolute Gasteiger partial charge is 0.356 e. The van der Waals surface area contributed by atoms with Crippen LogP contribution in [0.2, 0.25) is 0 Å². The molecule has 3 N–H and O–H groups in total. The molecule has 1 saturated heterocycles. The molecule has 0 saturated carbocycles. The van der Waals surface area contributed by atoms with Crippen molar-refractivity contribution in [2.45, 2.75) is 6.42 Å². The Labute approximate surface area is 152 Å². The van der Waals surface area contributed by atoms with Crippen LogP contribution in [0.15, 0.2) is 35.3 Å². The van der Waals surface area contributed by atoms with Gasteiger partial charge in [-0.05, 0) is 12.0 Å². The second-order valence-corrected chi connectivity index (χ2v) is 4.87. The Morgan fingerprint density at radius 3 is 2.52 bits per heavy atom. The quantitative estimate of drug-likeness (QED) is 0.266. The Bertz CT molecular complexity index is 534. The van der Waals surface area contributed by atoms with E-state index in [1.807, 2.05) is 18.2 Å². The Morgan fingerprint density at radius 1 is 1.22 bits per heavy atom.